The van der Waals surface area contributed by atoms with Gasteiger partial charge in [-0.3, -0.25) is 0 Å². The highest BCUT2D eigenvalue weighted by Crippen LogP contribution is 2.26. The summed E-state index contributed by atoms with van der Waals surface area (Å²) in [4.78, 5) is 25.0. The quantitative estimate of drug-likeness (QED) is 0.806. The third-order valence-electron chi connectivity index (χ3n) is 3.51. The minimum absolute atomic E-state index is 0.232. The molecule has 1 aromatic rings. The maximum Gasteiger partial charge on any atom is 0.331 e. The number of methoxy groups -OCH3 is 1. The van der Waals surface area contributed by atoms with Gasteiger partial charge in [-0.05, 0) is 6.07 Å². The largest absolute Gasteiger partial charge is 0.496 e. The number of carbonyl (C=O) groups excluding carboxylic acids is 2. The Morgan fingerprint density at radius 2 is 2.21 bits per heavy atom. The van der Waals surface area contributed by atoms with Crippen molar-refractivity contribution in [1.29, 1.82) is 0 Å². The molecule has 1 aromatic carbocycles. The van der Waals surface area contributed by atoms with Crippen LogP contribution in [0, 0.1) is 0 Å². The minimum atomic E-state index is -0.540. The van der Waals surface area contributed by atoms with Crippen LogP contribution in [-0.4, -0.2) is 42.7 Å². The fourth-order valence-electron chi connectivity index (χ4n) is 2.51. The van der Waals surface area contributed by atoms with Crippen LogP contribution in [0.1, 0.15) is 5.56 Å². The van der Waals surface area contributed by atoms with Gasteiger partial charge in [-0.25, -0.2) is 9.59 Å². The Bertz CT molecular complexity index is 531. The van der Waals surface area contributed by atoms with Crippen LogP contribution in [0.4, 0.5) is 4.79 Å². The molecule has 2 aliphatic rings. The highest BCUT2D eigenvalue weighted by atomic mass is 16.5. The van der Waals surface area contributed by atoms with Crippen LogP contribution in [0.15, 0.2) is 24.3 Å². The highest BCUT2D eigenvalue weighted by molar-refractivity contribution is 5.90. The number of rotatable bonds is 3. The first-order valence-corrected chi connectivity index (χ1v) is 6.06. The maximum absolute atomic E-state index is 11.9. The van der Waals surface area contributed by atoms with E-state index in [9.17, 15) is 9.59 Å². The van der Waals surface area contributed by atoms with Crippen molar-refractivity contribution in [2.24, 2.45) is 0 Å². The molecule has 0 spiro atoms. The fraction of sp³-hybridized carbons (Fsp3) is 0.385. The number of benzene rings is 1. The summed E-state index contributed by atoms with van der Waals surface area (Å²) < 4.78 is 10.2. The first-order valence-electron chi connectivity index (χ1n) is 6.06. The molecule has 0 unspecified atom stereocenters. The molecular formula is C13H14N2O4. The molecule has 2 amide bonds. The predicted octanol–water partition coefficient (Wildman–Crippen LogP) is 0.514. The van der Waals surface area contributed by atoms with Gasteiger partial charge in [-0.1, -0.05) is 18.2 Å². The zero-order valence-corrected chi connectivity index (χ0v) is 10.5. The lowest BCUT2D eigenvalue weighted by atomic mass is 10.1. The summed E-state index contributed by atoms with van der Waals surface area (Å²) in [6.07, 6.45) is 0. The number of para-hydroxylation sites is 1. The number of ether oxygens (including phenoxy) is 2. The van der Waals surface area contributed by atoms with Gasteiger partial charge >= 0.3 is 12.0 Å². The molecule has 2 aliphatic heterocycles. The van der Waals surface area contributed by atoms with Gasteiger partial charge in [-0.15, -0.1) is 0 Å². The smallest absolute Gasteiger partial charge is 0.331 e. The van der Waals surface area contributed by atoms with Crippen molar-refractivity contribution >= 4 is 12.0 Å². The van der Waals surface area contributed by atoms with Crippen molar-refractivity contribution in [3.05, 3.63) is 29.8 Å². The topological polar surface area (TPSA) is 67.9 Å². The first-order chi connectivity index (χ1) is 9.20. The number of fused-ring (bicyclic) bond motifs is 1. The van der Waals surface area contributed by atoms with Crippen LogP contribution < -0.4 is 10.1 Å². The summed E-state index contributed by atoms with van der Waals surface area (Å²) in [5.74, 6) is 0.366. The predicted molar refractivity (Wildman–Crippen MR) is 65.6 cm³/mol. The summed E-state index contributed by atoms with van der Waals surface area (Å²) in [7, 11) is 1.59. The number of esters is 1. The third kappa shape index (κ3) is 1.89. The number of hydrogen-bond donors (Lipinski definition) is 1. The van der Waals surface area contributed by atoms with Gasteiger partial charge in [0.25, 0.3) is 0 Å². The number of cyclic esters (lactones) is 1. The summed E-state index contributed by atoms with van der Waals surface area (Å²) >= 11 is 0. The average molecular weight is 262 g/mol. The van der Waals surface area contributed by atoms with Crippen LogP contribution in [0.3, 0.4) is 0 Å². The van der Waals surface area contributed by atoms with Crippen LogP contribution in [-0.2, 0) is 16.1 Å². The van der Waals surface area contributed by atoms with E-state index in [0.717, 1.165) is 11.3 Å². The molecule has 0 saturated carbocycles. The molecule has 2 atom stereocenters. The lowest BCUT2D eigenvalue weighted by Gasteiger charge is -2.21. The SMILES string of the molecule is COc1ccccc1CN1C(=O)N[C@@H]2C(=O)OC[C@@H]21. The molecule has 19 heavy (non-hydrogen) atoms. The Hall–Kier alpha value is -2.24. The van der Waals surface area contributed by atoms with E-state index < -0.39 is 6.04 Å². The molecule has 0 radical (unpaired) electrons. The van der Waals surface area contributed by atoms with Crippen molar-refractivity contribution in [3.8, 4) is 5.75 Å². The van der Waals surface area contributed by atoms with E-state index in [0.29, 0.717) is 6.54 Å². The summed E-state index contributed by atoms with van der Waals surface area (Å²) in [6, 6.07) is 6.50. The Balaban J connectivity index is 1.83. The highest BCUT2D eigenvalue weighted by Gasteiger charge is 2.49. The molecule has 1 N–H and O–H groups in total. The van der Waals surface area contributed by atoms with E-state index in [-0.39, 0.29) is 24.6 Å². The number of amides is 2. The second kappa shape index (κ2) is 4.46. The number of nitrogens with zero attached hydrogens (tertiary/aromatic N) is 1. The molecule has 2 heterocycles. The molecule has 0 aromatic heterocycles. The van der Waals surface area contributed by atoms with Crippen LogP contribution >= 0.6 is 0 Å². The average Bonchev–Trinajstić information content (AvgIpc) is 2.92. The molecule has 100 valence electrons. The molecule has 6 heteroatoms. The van der Waals surface area contributed by atoms with Crippen molar-refractivity contribution in [1.82, 2.24) is 10.2 Å². The van der Waals surface area contributed by atoms with E-state index in [1.54, 1.807) is 12.0 Å². The molecule has 3 rings (SSSR count). The Labute approximate surface area is 110 Å². The van der Waals surface area contributed by atoms with E-state index in [2.05, 4.69) is 5.32 Å². The lowest BCUT2D eigenvalue weighted by Crippen LogP contribution is -2.36. The van der Waals surface area contributed by atoms with Gasteiger partial charge in [0.05, 0.1) is 19.7 Å². The van der Waals surface area contributed by atoms with Gasteiger partial charge in [0, 0.05) is 5.56 Å². The van der Waals surface area contributed by atoms with Crippen molar-refractivity contribution < 1.29 is 19.1 Å². The Morgan fingerprint density at radius 3 is 3.00 bits per heavy atom. The molecule has 0 aliphatic carbocycles. The second-order valence-electron chi connectivity index (χ2n) is 4.56. The van der Waals surface area contributed by atoms with E-state index >= 15 is 0 Å². The van der Waals surface area contributed by atoms with Crippen LogP contribution in [0.25, 0.3) is 0 Å². The first kappa shape index (κ1) is 11.8. The molecule has 2 fully saturated rings. The normalized spacial score (nSPS) is 25.0. The van der Waals surface area contributed by atoms with E-state index in [4.69, 9.17) is 9.47 Å². The van der Waals surface area contributed by atoms with Gasteiger partial charge in [0.2, 0.25) is 0 Å². The maximum atomic E-state index is 11.9. The monoisotopic (exact) mass is 262 g/mol. The molecule has 2 saturated heterocycles. The second-order valence-corrected chi connectivity index (χ2v) is 4.56. The Morgan fingerprint density at radius 1 is 1.42 bits per heavy atom. The Kier molecular flexibility index (Phi) is 2.77. The van der Waals surface area contributed by atoms with Crippen molar-refractivity contribution in [2.75, 3.05) is 13.7 Å². The number of carbonyl (C=O) groups is 2. The molecular weight excluding hydrogens is 248 g/mol. The number of nitrogens with one attached hydrogen (secondary N) is 1. The summed E-state index contributed by atoms with van der Waals surface area (Å²) in [5, 5.41) is 2.65. The van der Waals surface area contributed by atoms with Crippen LogP contribution in [0.5, 0.6) is 5.75 Å². The molecule has 0 bridgehead atoms. The van der Waals surface area contributed by atoms with Gasteiger partial charge < -0.3 is 19.7 Å². The standard InChI is InChI=1S/C13H14N2O4/c1-18-10-5-3-2-4-8(10)6-15-9-7-19-12(16)11(9)14-13(15)17/h2-5,9,11H,6-7H2,1H3,(H,14,17)/t9-,11-/m0/s1. The zero-order valence-electron chi connectivity index (χ0n) is 10.5. The van der Waals surface area contributed by atoms with Crippen molar-refractivity contribution in [2.45, 2.75) is 18.6 Å². The van der Waals surface area contributed by atoms with Crippen LogP contribution in [0.2, 0.25) is 0 Å². The van der Waals surface area contributed by atoms with E-state index in [1.165, 1.54) is 0 Å². The number of urea groups is 1. The van der Waals surface area contributed by atoms with Gasteiger partial charge in [0.1, 0.15) is 12.4 Å². The third-order valence-corrected chi connectivity index (χ3v) is 3.51. The van der Waals surface area contributed by atoms with Crippen molar-refractivity contribution in [3.63, 3.8) is 0 Å². The van der Waals surface area contributed by atoms with Gasteiger partial charge in [0.15, 0.2) is 6.04 Å². The van der Waals surface area contributed by atoms with Gasteiger partial charge in [-0.2, -0.15) is 0 Å². The minimum Gasteiger partial charge on any atom is -0.496 e. The van der Waals surface area contributed by atoms with E-state index in [1.807, 2.05) is 24.3 Å². The lowest BCUT2D eigenvalue weighted by molar-refractivity contribution is -0.139. The number of hydrogen-bond acceptors (Lipinski definition) is 4. The summed E-state index contributed by atoms with van der Waals surface area (Å²) in [5.41, 5.74) is 0.903. The summed E-state index contributed by atoms with van der Waals surface area (Å²) in [6.45, 7) is 0.644. The zero-order chi connectivity index (χ0) is 13.4. The fourth-order valence-corrected chi connectivity index (χ4v) is 2.51. The molecule has 6 nitrogen and oxygen atoms in total.